The van der Waals surface area contributed by atoms with E-state index >= 15 is 0 Å². The van der Waals surface area contributed by atoms with Gasteiger partial charge in [0.2, 0.25) is 11.7 Å². The number of amides is 1. The van der Waals surface area contributed by atoms with E-state index in [-0.39, 0.29) is 18.3 Å². The van der Waals surface area contributed by atoms with Crippen LogP contribution in [0.25, 0.3) is 11.0 Å². The van der Waals surface area contributed by atoms with Gasteiger partial charge in [-0.3, -0.25) is 4.79 Å². The van der Waals surface area contributed by atoms with Crippen LogP contribution in [0.15, 0.2) is 27.1 Å². The molecule has 26 heavy (non-hydrogen) atoms. The Bertz CT molecular complexity index is 796. The van der Waals surface area contributed by atoms with Gasteiger partial charge >= 0.3 is 5.97 Å². The molecule has 0 unspecified atom stereocenters. The number of fused-ring (bicyclic) bond motifs is 1. The monoisotopic (exact) mass is 422 g/mol. The Morgan fingerprint density at radius 2 is 2.04 bits per heavy atom. The number of likely N-dealkylation sites (tertiary alicyclic amines) is 1. The third-order valence-corrected chi connectivity index (χ3v) is 4.97. The van der Waals surface area contributed by atoms with Crippen LogP contribution in [0.2, 0.25) is 0 Å². The summed E-state index contributed by atoms with van der Waals surface area (Å²) in [7, 11) is 0. The summed E-state index contributed by atoms with van der Waals surface area (Å²) in [4.78, 5) is 27.0. The number of furan rings is 1. The van der Waals surface area contributed by atoms with Crippen LogP contribution in [-0.4, -0.2) is 43.0 Å². The Labute approximate surface area is 161 Å². The van der Waals surface area contributed by atoms with Gasteiger partial charge in [0.05, 0.1) is 6.61 Å². The number of ether oxygens (including phenoxy) is 1. The van der Waals surface area contributed by atoms with Crippen LogP contribution in [0, 0.1) is 0 Å². The van der Waals surface area contributed by atoms with Crippen molar-refractivity contribution in [1.29, 1.82) is 0 Å². The van der Waals surface area contributed by atoms with Gasteiger partial charge in [0.25, 0.3) is 0 Å². The van der Waals surface area contributed by atoms with Crippen LogP contribution < -0.4 is 5.32 Å². The standard InChI is InChI=1S/C19H23BrN2O4/c1-2-25-19(24)18-17(14-12-13(20)6-7-15(14)26-18)21-16(23)8-11-22-9-4-3-5-10-22/h6-7,12H,2-5,8-11H2,1H3,(H,21,23). The maximum absolute atomic E-state index is 12.5. The predicted molar refractivity (Wildman–Crippen MR) is 103 cm³/mol. The van der Waals surface area contributed by atoms with E-state index in [4.69, 9.17) is 9.15 Å². The number of anilines is 1. The van der Waals surface area contributed by atoms with Crippen molar-refractivity contribution in [3.05, 3.63) is 28.4 Å². The molecular formula is C19H23BrN2O4. The van der Waals surface area contributed by atoms with Crippen molar-refractivity contribution in [3.63, 3.8) is 0 Å². The summed E-state index contributed by atoms with van der Waals surface area (Å²) in [5.41, 5.74) is 0.908. The summed E-state index contributed by atoms with van der Waals surface area (Å²) < 4.78 is 11.5. The first kappa shape index (κ1) is 18.9. The average molecular weight is 423 g/mol. The van der Waals surface area contributed by atoms with Gasteiger partial charge in [0.15, 0.2) is 0 Å². The highest BCUT2D eigenvalue weighted by Gasteiger charge is 2.24. The molecule has 2 heterocycles. The van der Waals surface area contributed by atoms with Crippen LogP contribution in [-0.2, 0) is 9.53 Å². The Balaban J connectivity index is 1.77. The first-order chi connectivity index (χ1) is 12.6. The van der Waals surface area contributed by atoms with E-state index in [1.807, 2.05) is 12.1 Å². The van der Waals surface area contributed by atoms with Crippen molar-refractivity contribution < 1.29 is 18.7 Å². The maximum atomic E-state index is 12.5. The fraction of sp³-hybridized carbons (Fsp3) is 0.474. The van der Waals surface area contributed by atoms with Crippen molar-refractivity contribution in [1.82, 2.24) is 4.90 Å². The van der Waals surface area contributed by atoms with E-state index in [9.17, 15) is 9.59 Å². The largest absolute Gasteiger partial charge is 0.460 e. The summed E-state index contributed by atoms with van der Waals surface area (Å²) in [6.07, 6.45) is 4.02. The highest BCUT2D eigenvalue weighted by molar-refractivity contribution is 9.10. The van der Waals surface area contributed by atoms with Gasteiger partial charge in [-0.15, -0.1) is 0 Å². The molecule has 0 aliphatic carbocycles. The summed E-state index contributed by atoms with van der Waals surface area (Å²) in [6, 6.07) is 5.40. The number of piperidine rings is 1. The van der Waals surface area contributed by atoms with Crippen LogP contribution >= 0.6 is 15.9 Å². The van der Waals surface area contributed by atoms with Crippen molar-refractivity contribution in [3.8, 4) is 0 Å². The highest BCUT2D eigenvalue weighted by atomic mass is 79.9. The van der Waals surface area contributed by atoms with E-state index in [2.05, 4.69) is 26.1 Å². The second-order valence-electron chi connectivity index (χ2n) is 6.37. The van der Waals surface area contributed by atoms with E-state index in [0.717, 1.165) is 24.1 Å². The van der Waals surface area contributed by atoms with Gasteiger partial charge in [0, 0.05) is 22.8 Å². The molecule has 0 saturated carbocycles. The minimum Gasteiger partial charge on any atom is -0.460 e. The van der Waals surface area contributed by atoms with Crippen LogP contribution in [0.3, 0.4) is 0 Å². The molecule has 6 nitrogen and oxygen atoms in total. The minimum atomic E-state index is -0.578. The number of rotatable bonds is 6. The lowest BCUT2D eigenvalue weighted by molar-refractivity contribution is -0.116. The molecule has 1 fully saturated rings. The van der Waals surface area contributed by atoms with Gasteiger partial charge < -0.3 is 19.4 Å². The van der Waals surface area contributed by atoms with Gasteiger partial charge in [-0.2, -0.15) is 0 Å². The van der Waals surface area contributed by atoms with E-state index in [1.54, 1.807) is 13.0 Å². The zero-order valence-electron chi connectivity index (χ0n) is 14.8. The zero-order valence-corrected chi connectivity index (χ0v) is 16.4. The molecule has 140 valence electrons. The minimum absolute atomic E-state index is 0.0336. The fourth-order valence-corrected chi connectivity index (χ4v) is 3.54. The van der Waals surface area contributed by atoms with Crippen molar-refractivity contribution >= 4 is 44.5 Å². The van der Waals surface area contributed by atoms with E-state index in [0.29, 0.717) is 23.1 Å². The third-order valence-electron chi connectivity index (χ3n) is 4.48. The Morgan fingerprint density at radius 3 is 2.77 bits per heavy atom. The second kappa shape index (κ2) is 8.68. The first-order valence-electron chi connectivity index (χ1n) is 9.00. The van der Waals surface area contributed by atoms with Crippen LogP contribution in [0.5, 0.6) is 0 Å². The molecule has 1 aliphatic heterocycles. The van der Waals surface area contributed by atoms with Crippen molar-refractivity contribution in [2.24, 2.45) is 0 Å². The molecule has 1 amide bonds. The number of carbonyl (C=O) groups is 2. The summed E-state index contributed by atoms with van der Waals surface area (Å²) in [6.45, 7) is 4.78. The number of benzene rings is 1. The molecule has 1 N–H and O–H groups in total. The Kier molecular flexibility index (Phi) is 6.32. The number of hydrogen-bond acceptors (Lipinski definition) is 5. The molecule has 1 aliphatic rings. The van der Waals surface area contributed by atoms with Crippen molar-refractivity contribution in [2.75, 3.05) is 31.6 Å². The molecule has 0 spiro atoms. The molecule has 1 aromatic carbocycles. The normalized spacial score (nSPS) is 15.2. The molecule has 2 aromatic rings. The van der Waals surface area contributed by atoms with Gasteiger partial charge in [0.1, 0.15) is 11.3 Å². The van der Waals surface area contributed by atoms with Crippen LogP contribution in [0.1, 0.15) is 43.2 Å². The molecule has 1 aromatic heterocycles. The van der Waals surface area contributed by atoms with Crippen molar-refractivity contribution in [2.45, 2.75) is 32.6 Å². The predicted octanol–water partition coefficient (Wildman–Crippen LogP) is 4.19. The topological polar surface area (TPSA) is 71.8 Å². The fourth-order valence-electron chi connectivity index (χ4n) is 3.18. The van der Waals surface area contributed by atoms with E-state index < -0.39 is 5.97 Å². The highest BCUT2D eigenvalue weighted by Crippen LogP contribution is 2.33. The van der Waals surface area contributed by atoms with E-state index in [1.165, 1.54) is 19.3 Å². The molecule has 1 saturated heterocycles. The number of hydrogen-bond donors (Lipinski definition) is 1. The van der Waals surface area contributed by atoms with Gasteiger partial charge in [-0.25, -0.2) is 4.79 Å². The number of carbonyl (C=O) groups excluding carboxylic acids is 2. The summed E-state index contributed by atoms with van der Waals surface area (Å²) >= 11 is 3.42. The smallest absolute Gasteiger partial charge is 0.376 e. The Hall–Kier alpha value is -1.86. The maximum Gasteiger partial charge on any atom is 0.376 e. The molecular weight excluding hydrogens is 400 g/mol. The average Bonchev–Trinajstić information content (AvgIpc) is 2.99. The molecule has 7 heteroatoms. The Morgan fingerprint density at radius 1 is 1.27 bits per heavy atom. The zero-order chi connectivity index (χ0) is 18.5. The van der Waals surface area contributed by atoms with Gasteiger partial charge in [-0.1, -0.05) is 22.4 Å². The lowest BCUT2D eigenvalue weighted by atomic mass is 10.1. The first-order valence-corrected chi connectivity index (χ1v) is 9.79. The number of nitrogens with one attached hydrogen (secondary N) is 1. The third kappa shape index (κ3) is 4.45. The summed E-state index contributed by atoms with van der Waals surface area (Å²) in [5.74, 6) is -0.679. The lowest BCUT2D eigenvalue weighted by Gasteiger charge is -2.25. The number of nitrogens with zero attached hydrogens (tertiary/aromatic N) is 1. The SMILES string of the molecule is CCOC(=O)c1oc2ccc(Br)cc2c1NC(=O)CCN1CCCCC1. The molecule has 3 rings (SSSR count). The molecule has 0 radical (unpaired) electrons. The second-order valence-corrected chi connectivity index (χ2v) is 7.28. The number of halogens is 1. The molecule has 0 atom stereocenters. The quantitative estimate of drug-likeness (QED) is 0.706. The van der Waals surface area contributed by atoms with Gasteiger partial charge in [-0.05, 0) is 51.1 Å². The summed E-state index contributed by atoms with van der Waals surface area (Å²) in [5, 5.41) is 3.53. The molecule has 0 bridgehead atoms. The van der Waals surface area contributed by atoms with Crippen LogP contribution in [0.4, 0.5) is 5.69 Å². The lowest BCUT2D eigenvalue weighted by Crippen LogP contribution is -2.32. The number of esters is 1.